The second-order valence-corrected chi connectivity index (χ2v) is 6.24. The molecule has 1 amide bonds. The fourth-order valence-corrected chi connectivity index (χ4v) is 3.42. The van der Waals surface area contributed by atoms with Crippen molar-refractivity contribution in [1.82, 2.24) is 4.90 Å². The summed E-state index contributed by atoms with van der Waals surface area (Å²) in [5.74, 6) is -1.30. The van der Waals surface area contributed by atoms with Crippen LogP contribution in [-0.2, 0) is 14.3 Å². The molecular formula is C18H21NO6. The number of benzene rings is 1. The number of Topliss-reactive ketones (excluding diaryl/α,β-unsaturated/α-hetero) is 1. The maximum atomic E-state index is 12.5. The number of phenolic OH excluding ortho intramolecular Hbond substituents is 1. The third kappa shape index (κ3) is 3.07. The Bertz CT molecular complexity index is 735. The van der Waals surface area contributed by atoms with Crippen molar-refractivity contribution in [1.29, 1.82) is 0 Å². The summed E-state index contributed by atoms with van der Waals surface area (Å²) >= 11 is 0. The maximum absolute atomic E-state index is 12.5. The minimum absolute atomic E-state index is 0.0428. The number of carbonyl (C=O) groups excluding carboxylic acids is 2. The Labute approximate surface area is 145 Å². The first-order valence-corrected chi connectivity index (χ1v) is 8.17. The molecule has 0 spiro atoms. The summed E-state index contributed by atoms with van der Waals surface area (Å²) in [5.41, 5.74) is 0.631. The summed E-state index contributed by atoms with van der Waals surface area (Å²) in [6.45, 7) is 2.25. The van der Waals surface area contributed by atoms with Gasteiger partial charge in [0.05, 0.1) is 24.8 Å². The number of carbonyl (C=O) groups is 2. The number of nitrogens with zero attached hydrogens (tertiary/aromatic N) is 1. The van der Waals surface area contributed by atoms with Gasteiger partial charge in [0, 0.05) is 13.2 Å². The van der Waals surface area contributed by atoms with Gasteiger partial charge in [-0.15, -0.1) is 0 Å². The van der Waals surface area contributed by atoms with E-state index in [-0.39, 0.29) is 35.5 Å². The fraction of sp³-hybridized carbons (Fsp3) is 0.444. The van der Waals surface area contributed by atoms with E-state index in [9.17, 15) is 19.8 Å². The second-order valence-electron chi connectivity index (χ2n) is 6.24. The third-order valence-corrected chi connectivity index (χ3v) is 4.63. The largest absolute Gasteiger partial charge is 0.504 e. The number of amides is 1. The average Bonchev–Trinajstić information content (AvgIpc) is 3.17. The number of aliphatic hydroxyl groups is 1. The Morgan fingerprint density at radius 2 is 2.16 bits per heavy atom. The number of hydrogen-bond acceptors (Lipinski definition) is 6. The highest BCUT2D eigenvalue weighted by Crippen LogP contribution is 2.40. The molecule has 1 aromatic rings. The molecule has 1 saturated heterocycles. The molecular weight excluding hydrogens is 326 g/mol. The Kier molecular flexibility index (Phi) is 4.67. The molecule has 7 heteroatoms. The van der Waals surface area contributed by atoms with Crippen LogP contribution in [-0.4, -0.2) is 53.2 Å². The highest BCUT2D eigenvalue weighted by atomic mass is 16.5. The normalized spacial score (nSPS) is 23.4. The predicted molar refractivity (Wildman–Crippen MR) is 88.4 cm³/mol. The van der Waals surface area contributed by atoms with E-state index in [4.69, 9.17) is 9.47 Å². The van der Waals surface area contributed by atoms with Crippen molar-refractivity contribution in [3.8, 4) is 11.5 Å². The Morgan fingerprint density at radius 1 is 1.40 bits per heavy atom. The molecule has 0 saturated carbocycles. The van der Waals surface area contributed by atoms with Crippen LogP contribution >= 0.6 is 0 Å². The predicted octanol–water partition coefficient (Wildman–Crippen LogP) is 1.86. The van der Waals surface area contributed by atoms with Gasteiger partial charge in [0.15, 0.2) is 23.0 Å². The van der Waals surface area contributed by atoms with Gasteiger partial charge in [0.2, 0.25) is 0 Å². The molecule has 0 radical (unpaired) electrons. The van der Waals surface area contributed by atoms with Gasteiger partial charge < -0.3 is 24.6 Å². The molecule has 0 bridgehead atoms. The highest BCUT2D eigenvalue weighted by Gasteiger charge is 2.43. The molecule has 2 heterocycles. The summed E-state index contributed by atoms with van der Waals surface area (Å²) in [7, 11) is 1.42. The molecule has 0 aliphatic carbocycles. The lowest BCUT2D eigenvalue weighted by Gasteiger charge is -2.29. The highest BCUT2D eigenvalue weighted by molar-refractivity contribution is 6.08. The number of phenols is 1. The number of aliphatic hydroxyl groups excluding tert-OH is 1. The van der Waals surface area contributed by atoms with Crippen molar-refractivity contribution in [3.63, 3.8) is 0 Å². The van der Waals surface area contributed by atoms with E-state index in [1.165, 1.54) is 25.0 Å². The Hall–Kier alpha value is -2.54. The van der Waals surface area contributed by atoms with Crippen LogP contribution in [0.4, 0.5) is 0 Å². The van der Waals surface area contributed by atoms with Crippen molar-refractivity contribution in [2.75, 3.05) is 20.3 Å². The number of ketones is 1. The SMILES string of the molecule is COc1cc([C@@H]2C(C(C)=O)=C(O)C(=O)N2C[C@H]2CCCO2)ccc1O. The fourth-order valence-electron chi connectivity index (χ4n) is 3.42. The lowest BCUT2D eigenvalue weighted by Crippen LogP contribution is -2.37. The van der Waals surface area contributed by atoms with Gasteiger partial charge in [0.1, 0.15) is 0 Å². The van der Waals surface area contributed by atoms with Crippen LogP contribution in [0.1, 0.15) is 31.4 Å². The van der Waals surface area contributed by atoms with Crippen LogP contribution in [0.15, 0.2) is 29.5 Å². The lowest BCUT2D eigenvalue weighted by molar-refractivity contribution is -0.131. The van der Waals surface area contributed by atoms with Crippen LogP contribution in [0.3, 0.4) is 0 Å². The van der Waals surface area contributed by atoms with E-state index < -0.39 is 17.7 Å². The summed E-state index contributed by atoms with van der Waals surface area (Å²) in [6.07, 6.45) is 1.62. The van der Waals surface area contributed by atoms with E-state index in [1.54, 1.807) is 12.1 Å². The van der Waals surface area contributed by atoms with Gasteiger partial charge in [-0.1, -0.05) is 6.07 Å². The first kappa shape index (κ1) is 17.3. The van der Waals surface area contributed by atoms with Crippen molar-refractivity contribution in [2.24, 2.45) is 0 Å². The zero-order valence-corrected chi connectivity index (χ0v) is 14.2. The second kappa shape index (κ2) is 6.76. The number of rotatable bonds is 5. The zero-order chi connectivity index (χ0) is 18.1. The molecule has 2 aliphatic heterocycles. The number of methoxy groups -OCH3 is 1. The van der Waals surface area contributed by atoms with E-state index in [0.29, 0.717) is 12.2 Å². The monoisotopic (exact) mass is 347 g/mol. The maximum Gasteiger partial charge on any atom is 0.290 e. The molecule has 1 fully saturated rings. The number of ether oxygens (including phenoxy) is 2. The molecule has 25 heavy (non-hydrogen) atoms. The van der Waals surface area contributed by atoms with Crippen molar-refractivity contribution < 1.29 is 29.3 Å². The van der Waals surface area contributed by atoms with E-state index in [0.717, 1.165) is 12.8 Å². The Balaban J connectivity index is 2.02. The van der Waals surface area contributed by atoms with Gasteiger partial charge in [0.25, 0.3) is 5.91 Å². The lowest BCUT2D eigenvalue weighted by atomic mass is 9.96. The van der Waals surface area contributed by atoms with Gasteiger partial charge in [-0.05, 0) is 37.5 Å². The smallest absolute Gasteiger partial charge is 0.290 e. The van der Waals surface area contributed by atoms with Gasteiger partial charge in [-0.25, -0.2) is 0 Å². The molecule has 7 nitrogen and oxygen atoms in total. The van der Waals surface area contributed by atoms with Crippen molar-refractivity contribution in [2.45, 2.75) is 31.9 Å². The topological polar surface area (TPSA) is 96.3 Å². The van der Waals surface area contributed by atoms with E-state index in [2.05, 4.69) is 0 Å². The summed E-state index contributed by atoms with van der Waals surface area (Å²) in [6, 6.07) is 3.89. The molecule has 1 aromatic carbocycles. The molecule has 3 rings (SSSR count). The minimum atomic E-state index is -0.733. The van der Waals surface area contributed by atoms with Crippen LogP contribution < -0.4 is 4.74 Å². The molecule has 0 unspecified atom stereocenters. The van der Waals surface area contributed by atoms with Crippen LogP contribution in [0.25, 0.3) is 0 Å². The van der Waals surface area contributed by atoms with E-state index in [1.807, 2.05) is 0 Å². The molecule has 2 aliphatic rings. The minimum Gasteiger partial charge on any atom is -0.504 e. The number of aromatic hydroxyl groups is 1. The first-order valence-electron chi connectivity index (χ1n) is 8.17. The van der Waals surface area contributed by atoms with Gasteiger partial charge in [-0.3, -0.25) is 9.59 Å². The number of hydrogen-bond donors (Lipinski definition) is 2. The van der Waals surface area contributed by atoms with E-state index >= 15 is 0 Å². The van der Waals surface area contributed by atoms with Crippen molar-refractivity contribution in [3.05, 3.63) is 35.1 Å². The first-order chi connectivity index (χ1) is 11.9. The van der Waals surface area contributed by atoms with Gasteiger partial charge >= 0.3 is 0 Å². The molecule has 134 valence electrons. The average molecular weight is 347 g/mol. The van der Waals surface area contributed by atoms with Crippen LogP contribution in [0.5, 0.6) is 11.5 Å². The van der Waals surface area contributed by atoms with Gasteiger partial charge in [-0.2, -0.15) is 0 Å². The quantitative estimate of drug-likeness (QED) is 0.844. The van der Waals surface area contributed by atoms with Crippen LogP contribution in [0, 0.1) is 0 Å². The molecule has 0 aromatic heterocycles. The summed E-state index contributed by atoms with van der Waals surface area (Å²) in [5, 5.41) is 20.0. The summed E-state index contributed by atoms with van der Waals surface area (Å²) < 4.78 is 10.7. The zero-order valence-electron chi connectivity index (χ0n) is 14.2. The van der Waals surface area contributed by atoms with Crippen LogP contribution in [0.2, 0.25) is 0 Å². The molecule has 2 atom stereocenters. The Morgan fingerprint density at radius 3 is 2.76 bits per heavy atom. The van der Waals surface area contributed by atoms with Crippen molar-refractivity contribution >= 4 is 11.7 Å². The standard InChI is InChI=1S/C18H21NO6/c1-10(20)15-16(11-5-6-13(21)14(8-11)24-2)19(18(23)17(15)22)9-12-4-3-7-25-12/h5-6,8,12,16,21-22H,3-4,7,9H2,1-2H3/t12-,16-/m1/s1. The molecule has 2 N–H and O–H groups in total. The summed E-state index contributed by atoms with van der Waals surface area (Å²) in [4.78, 5) is 26.1. The third-order valence-electron chi connectivity index (χ3n) is 4.63.